The highest BCUT2D eigenvalue weighted by atomic mass is 16.5. The molecule has 0 bridgehead atoms. The molecule has 0 aliphatic carbocycles. The summed E-state index contributed by atoms with van der Waals surface area (Å²) in [7, 11) is 0. The zero-order valence-corrected chi connectivity index (χ0v) is 20.7. The number of phenols is 1. The number of nitrogens with zero attached hydrogens (tertiary/aromatic N) is 4. The molecule has 0 saturated heterocycles. The van der Waals surface area contributed by atoms with Crippen molar-refractivity contribution in [2.45, 2.75) is 20.8 Å². The lowest BCUT2D eigenvalue weighted by Crippen LogP contribution is -2.15. The minimum atomic E-state index is -0.405. The predicted molar refractivity (Wildman–Crippen MR) is 146 cm³/mol. The van der Waals surface area contributed by atoms with Gasteiger partial charge in [-0.1, -0.05) is 24.3 Å². The number of nitrogens with two attached hydrogens (primary N) is 1. The van der Waals surface area contributed by atoms with Gasteiger partial charge in [0.2, 0.25) is 0 Å². The maximum Gasteiger partial charge on any atom is 0.261 e. The van der Waals surface area contributed by atoms with E-state index in [2.05, 4.69) is 10.4 Å². The fourth-order valence-corrected chi connectivity index (χ4v) is 4.05. The van der Waals surface area contributed by atoms with Gasteiger partial charge in [0.1, 0.15) is 16.9 Å². The lowest BCUT2D eigenvalue weighted by atomic mass is 10.1. The van der Waals surface area contributed by atoms with Gasteiger partial charge < -0.3 is 20.9 Å². The Hall–Kier alpha value is -4.92. The first-order valence-electron chi connectivity index (χ1n) is 11.8. The summed E-state index contributed by atoms with van der Waals surface area (Å²) >= 11 is 0. The Balaban J connectivity index is 1.64. The van der Waals surface area contributed by atoms with Crippen molar-refractivity contribution < 1.29 is 14.6 Å². The van der Waals surface area contributed by atoms with Crippen LogP contribution in [0.5, 0.6) is 11.5 Å². The molecule has 0 unspecified atom stereocenters. The molecule has 1 amide bonds. The topological polar surface area (TPSA) is 128 Å². The van der Waals surface area contributed by atoms with Crippen molar-refractivity contribution >= 4 is 45.8 Å². The first-order valence-corrected chi connectivity index (χ1v) is 11.8. The zero-order chi connectivity index (χ0) is 26.1. The average molecular weight is 495 g/mol. The summed E-state index contributed by atoms with van der Waals surface area (Å²) in [6.45, 7) is 6.13. The lowest BCUT2D eigenvalue weighted by Gasteiger charge is -2.09. The van der Waals surface area contributed by atoms with Crippen LogP contribution >= 0.6 is 0 Å². The van der Waals surface area contributed by atoms with Gasteiger partial charge >= 0.3 is 0 Å². The number of aromatic hydroxyl groups is 1. The number of benzene rings is 3. The maximum atomic E-state index is 13.5. The first-order chi connectivity index (χ1) is 17.9. The highest BCUT2D eigenvalue weighted by molar-refractivity contribution is 6.16. The van der Waals surface area contributed by atoms with Crippen LogP contribution in [0.3, 0.4) is 0 Å². The van der Waals surface area contributed by atoms with Crippen molar-refractivity contribution in [3.63, 3.8) is 0 Å². The van der Waals surface area contributed by atoms with Crippen LogP contribution in [-0.4, -0.2) is 38.5 Å². The number of aromatic nitrogens is 3. The van der Waals surface area contributed by atoms with Gasteiger partial charge in [0, 0.05) is 5.69 Å². The van der Waals surface area contributed by atoms with Crippen LogP contribution in [0.4, 0.5) is 11.5 Å². The van der Waals surface area contributed by atoms with Crippen LogP contribution in [0.15, 0.2) is 65.8 Å². The summed E-state index contributed by atoms with van der Waals surface area (Å²) in [4.78, 5) is 23.0. The monoisotopic (exact) mass is 494 g/mol. The average Bonchev–Trinajstić information content (AvgIpc) is 3.15. The van der Waals surface area contributed by atoms with Crippen LogP contribution in [-0.2, 0) is 0 Å². The largest absolute Gasteiger partial charge is 0.504 e. The molecular formula is C28H26N6O3. The van der Waals surface area contributed by atoms with Crippen molar-refractivity contribution in [2.75, 3.05) is 17.7 Å². The van der Waals surface area contributed by atoms with Gasteiger partial charge in [0.15, 0.2) is 17.1 Å². The Bertz CT molecular complexity index is 1690. The quantitative estimate of drug-likeness (QED) is 0.284. The zero-order valence-electron chi connectivity index (χ0n) is 20.7. The smallest absolute Gasteiger partial charge is 0.261 e. The van der Waals surface area contributed by atoms with Crippen LogP contribution in [0, 0.1) is 13.8 Å². The number of ether oxygens (including phenoxy) is 1. The number of nitrogen functional groups attached to an aromatic ring is 1. The van der Waals surface area contributed by atoms with Crippen molar-refractivity contribution in [3.05, 3.63) is 82.9 Å². The molecule has 9 nitrogen and oxygen atoms in total. The van der Waals surface area contributed by atoms with E-state index in [0.29, 0.717) is 45.8 Å². The first kappa shape index (κ1) is 23.8. The maximum absolute atomic E-state index is 13.5. The van der Waals surface area contributed by atoms with Gasteiger partial charge in [-0.05, 0) is 73.9 Å². The van der Waals surface area contributed by atoms with E-state index in [-0.39, 0.29) is 17.1 Å². The molecule has 0 fully saturated rings. The van der Waals surface area contributed by atoms with Crippen LogP contribution < -0.4 is 15.8 Å². The number of carbonyl (C=O) groups is 1. The number of para-hydroxylation sites is 2. The molecule has 2 heterocycles. The van der Waals surface area contributed by atoms with Crippen molar-refractivity contribution in [3.8, 4) is 11.5 Å². The molecule has 5 aromatic rings. The predicted octanol–water partition coefficient (Wildman–Crippen LogP) is 5.02. The molecule has 5 rings (SSSR count). The molecule has 3 aromatic carbocycles. The molecule has 0 aliphatic rings. The highest BCUT2D eigenvalue weighted by Gasteiger charge is 2.24. The molecule has 0 aliphatic heterocycles. The normalized spacial score (nSPS) is 11.4. The van der Waals surface area contributed by atoms with E-state index in [1.165, 1.54) is 10.7 Å². The number of hydrogen-bond donors (Lipinski definition) is 3. The SMILES string of the molecule is CCOc1cc(/C=N/n2c(N)c(C(=O)Nc3cc(C)ccc3C)c3nc4ccccc4nc32)ccc1O. The molecule has 0 spiro atoms. The van der Waals surface area contributed by atoms with Gasteiger partial charge in [0.25, 0.3) is 5.91 Å². The molecule has 9 heteroatoms. The molecule has 2 aromatic heterocycles. The Morgan fingerprint density at radius 2 is 1.86 bits per heavy atom. The summed E-state index contributed by atoms with van der Waals surface area (Å²) in [6, 6.07) is 18.1. The van der Waals surface area contributed by atoms with E-state index in [4.69, 9.17) is 20.4 Å². The molecule has 0 saturated carbocycles. The van der Waals surface area contributed by atoms with E-state index >= 15 is 0 Å². The van der Waals surface area contributed by atoms with E-state index in [1.54, 1.807) is 18.3 Å². The third-order valence-corrected chi connectivity index (χ3v) is 5.95. The summed E-state index contributed by atoms with van der Waals surface area (Å²) < 4.78 is 6.87. The third kappa shape index (κ3) is 4.54. The summed E-state index contributed by atoms with van der Waals surface area (Å²) in [6.07, 6.45) is 1.56. The van der Waals surface area contributed by atoms with E-state index in [9.17, 15) is 9.90 Å². The number of hydrogen-bond acceptors (Lipinski definition) is 7. The number of amides is 1. The van der Waals surface area contributed by atoms with Gasteiger partial charge in [-0.3, -0.25) is 4.79 Å². The number of fused-ring (bicyclic) bond motifs is 2. The highest BCUT2D eigenvalue weighted by Crippen LogP contribution is 2.30. The Kier molecular flexibility index (Phi) is 6.19. The third-order valence-electron chi connectivity index (χ3n) is 5.95. The minimum absolute atomic E-state index is 0.0349. The second-order valence-corrected chi connectivity index (χ2v) is 8.63. The number of phenolic OH excluding ortho intramolecular Hbond substituents is 1. The number of carbonyl (C=O) groups excluding carboxylic acids is 1. The lowest BCUT2D eigenvalue weighted by molar-refractivity contribution is 0.102. The van der Waals surface area contributed by atoms with Crippen molar-refractivity contribution in [2.24, 2.45) is 5.10 Å². The molecule has 0 atom stereocenters. The molecule has 4 N–H and O–H groups in total. The standard InChI is InChI=1S/C28H26N6O3/c1-4-37-23-14-18(11-12-22(23)35)15-30-34-26(29)24(28(36)33-21-13-16(2)9-10-17(21)3)25-27(34)32-20-8-6-5-7-19(20)31-25/h5-15,35H,4,29H2,1-3H3,(H,33,36)/b30-15+. The molecule has 37 heavy (non-hydrogen) atoms. The van der Waals surface area contributed by atoms with E-state index < -0.39 is 5.91 Å². The van der Waals surface area contributed by atoms with Gasteiger partial charge in [-0.2, -0.15) is 9.78 Å². The number of rotatable bonds is 6. The second-order valence-electron chi connectivity index (χ2n) is 8.63. The van der Waals surface area contributed by atoms with Crippen molar-refractivity contribution in [1.82, 2.24) is 14.6 Å². The fourth-order valence-electron chi connectivity index (χ4n) is 4.05. The van der Waals surface area contributed by atoms with Crippen molar-refractivity contribution in [1.29, 1.82) is 0 Å². The summed E-state index contributed by atoms with van der Waals surface area (Å²) in [5.74, 6) is 0.0787. The Labute approximate surface area is 213 Å². The number of aryl methyl sites for hydroxylation is 2. The molecule has 0 radical (unpaired) electrons. The van der Waals surface area contributed by atoms with Gasteiger partial charge in [-0.15, -0.1) is 0 Å². The summed E-state index contributed by atoms with van der Waals surface area (Å²) in [5.41, 5.74) is 12.0. The fraction of sp³-hybridized carbons (Fsp3) is 0.143. The number of anilines is 2. The molecule has 186 valence electrons. The minimum Gasteiger partial charge on any atom is -0.504 e. The van der Waals surface area contributed by atoms with E-state index in [0.717, 1.165) is 11.1 Å². The van der Waals surface area contributed by atoms with Crippen LogP contribution in [0.1, 0.15) is 34.0 Å². The second kappa shape index (κ2) is 9.62. The van der Waals surface area contributed by atoms with E-state index in [1.807, 2.05) is 63.2 Å². The Morgan fingerprint density at radius 1 is 1.11 bits per heavy atom. The van der Waals surface area contributed by atoms with Crippen LogP contribution in [0.25, 0.3) is 22.2 Å². The van der Waals surface area contributed by atoms with Crippen LogP contribution in [0.2, 0.25) is 0 Å². The number of nitrogens with one attached hydrogen (secondary N) is 1. The Morgan fingerprint density at radius 3 is 2.62 bits per heavy atom. The summed E-state index contributed by atoms with van der Waals surface area (Å²) in [5, 5.41) is 17.5. The molecular weight excluding hydrogens is 468 g/mol. The van der Waals surface area contributed by atoms with Gasteiger partial charge in [-0.25, -0.2) is 9.97 Å². The van der Waals surface area contributed by atoms with Gasteiger partial charge in [0.05, 0.1) is 23.9 Å².